The number of fused-ring (bicyclic) bond motifs is 2. The summed E-state index contributed by atoms with van der Waals surface area (Å²) >= 11 is 7.02. The van der Waals surface area contributed by atoms with Gasteiger partial charge in [-0.3, -0.25) is 4.79 Å². The van der Waals surface area contributed by atoms with Gasteiger partial charge in [0.1, 0.15) is 51.5 Å². The van der Waals surface area contributed by atoms with E-state index in [9.17, 15) is 14.4 Å². The predicted octanol–water partition coefficient (Wildman–Crippen LogP) is 6.31. The maximum absolute atomic E-state index is 15.8. The van der Waals surface area contributed by atoms with Crippen LogP contribution in [0.4, 0.5) is 19.8 Å². The fraction of sp³-hybridized carbons (Fsp3) is 0.588. The molecule has 0 saturated carbocycles. The summed E-state index contributed by atoms with van der Waals surface area (Å²) in [4.78, 5) is 50.2. The van der Waals surface area contributed by atoms with E-state index in [-0.39, 0.29) is 77.4 Å². The Morgan fingerprint density at radius 2 is 1.73 bits per heavy atom. The Balaban J connectivity index is 1.63. The maximum atomic E-state index is 15.8. The molecule has 48 heavy (non-hydrogen) atoms. The predicted molar refractivity (Wildman–Crippen MR) is 176 cm³/mol. The molecule has 0 N–H and O–H groups in total. The van der Waals surface area contributed by atoms with Crippen LogP contribution in [0, 0.1) is 5.82 Å². The van der Waals surface area contributed by atoms with Gasteiger partial charge in [0, 0.05) is 38.8 Å². The average molecular weight is 691 g/mol. The number of methoxy groups -OCH3 is 1. The van der Waals surface area contributed by atoms with Crippen LogP contribution in [0.15, 0.2) is 18.2 Å². The molecular weight excluding hydrogens is 647 g/mol. The number of benzene rings is 1. The van der Waals surface area contributed by atoms with E-state index in [1.165, 1.54) is 18.2 Å². The molecule has 4 heterocycles. The standard InChI is InChI=1S/C34H44ClFN4O8/c1-32(2,3)47-30(42)38-13-14-39-19(16-38)18-45-27-24(29(39)41)28(40-17-20(44-9)15-34(40,7)8)37-26(25(27)35)23-21(36)11-10-12-22(23)46-31(43)48-33(4,5)6/h10-12,19-20H,13-18H2,1-9H3/t19-,20?/m1/s1. The zero-order valence-corrected chi connectivity index (χ0v) is 29.7. The molecule has 1 unspecified atom stereocenters. The first-order chi connectivity index (χ1) is 22.3. The number of nitrogens with zero attached hydrogens (tertiary/aromatic N) is 4. The molecule has 0 aliphatic carbocycles. The first-order valence-corrected chi connectivity index (χ1v) is 16.3. The Morgan fingerprint density at radius 1 is 1.04 bits per heavy atom. The van der Waals surface area contributed by atoms with Crippen molar-refractivity contribution in [2.24, 2.45) is 0 Å². The monoisotopic (exact) mass is 690 g/mol. The molecule has 0 bridgehead atoms. The largest absolute Gasteiger partial charge is 0.514 e. The number of anilines is 1. The highest BCUT2D eigenvalue weighted by Crippen LogP contribution is 2.48. The van der Waals surface area contributed by atoms with Gasteiger partial charge in [0.25, 0.3) is 5.91 Å². The Labute approximate surface area is 285 Å². The van der Waals surface area contributed by atoms with Gasteiger partial charge >= 0.3 is 12.2 Å². The van der Waals surface area contributed by atoms with Crippen LogP contribution in [0.25, 0.3) is 11.3 Å². The van der Waals surface area contributed by atoms with Crippen LogP contribution >= 0.6 is 11.6 Å². The summed E-state index contributed by atoms with van der Waals surface area (Å²) in [6.45, 7) is 15.4. The smallest absolute Gasteiger partial charge is 0.489 e. The van der Waals surface area contributed by atoms with Gasteiger partial charge < -0.3 is 38.4 Å². The van der Waals surface area contributed by atoms with Crippen LogP contribution in [-0.2, 0) is 14.2 Å². The van der Waals surface area contributed by atoms with Crippen molar-refractivity contribution in [1.29, 1.82) is 0 Å². The van der Waals surface area contributed by atoms with Gasteiger partial charge in [-0.1, -0.05) is 17.7 Å². The summed E-state index contributed by atoms with van der Waals surface area (Å²) in [5, 5.41) is -0.134. The fourth-order valence-corrected chi connectivity index (χ4v) is 6.48. The van der Waals surface area contributed by atoms with Crippen molar-refractivity contribution in [2.75, 3.05) is 44.8 Å². The molecule has 1 aromatic carbocycles. The highest BCUT2D eigenvalue weighted by molar-refractivity contribution is 6.35. The van der Waals surface area contributed by atoms with Gasteiger partial charge in [0.05, 0.1) is 17.7 Å². The van der Waals surface area contributed by atoms with Crippen molar-refractivity contribution >= 4 is 35.6 Å². The number of amides is 2. The lowest BCUT2D eigenvalue weighted by molar-refractivity contribution is 0.000933. The van der Waals surface area contributed by atoms with Crippen LogP contribution in [0.3, 0.4) is 0 Å². The molecule has 0 spiro atoms. The molecule has 3 aliphatic heterocycles. The topological polar surface area (TPSA) is 120 Å². The minimum absolute atomic E-state index is 0.0106. The number of halogens is 2. The number of hydrogen-bond acceptors (Lipinski definition) is 10. The Hall–Kier alpha value is -3.84. The second kappa shape index (κ2) is 12.9. The summed E-state index contributed by atoms with van der Waals surface area (Å²) in [5.41, 5.74) is -2.26. The molecule has 14 heteroatoms. The first kappa shape index (κ1) is 35.5. The van der Waals surface area contributed by atoms with E-state index in [4.69, 9.17) is 40.3 Å². The number of carbonyl (C=O) groups excluding carboxylic acids is 3. The summed E-state index contributed by atoms with van der Waals surface area (Å²) in [6, 6.07) is 3.46. The molecule has 2 fully saturated rings. The second-order valence-corrected chi connectivity index (χ2v) is 15.2. The Morgan fingerprint density at radius 3 is 2.35 bits per heavy atom. The fourth-order valence-electron chi connectivity index (χ4n) is 6.19. The van der Waals surface area contributed by atoms with Crippen LogP contribution in [0.2, 0.25) is 5.02 Å². The summed E-state index contributed by atoms with van der Waals surface area (Å²) < 4.78 is 44.2. The van der Waals surface area contributed by atoms with Crippen LogP contribution in [-0.4, -0.2) is 102 Å². The molecule has 262 valence electrons. The van der Waals surface area contributed by atoms with Gasteiger partial charge in [0.2, 0.25) is 0 Å². The second-order valence-electron chi connectivity index (χ2n) is 14.9. The average Bonchev–Trinajstić information content (AvgIpc) is 3.19. The SMILES string of the molecule is COC1CN(c2nc(-c3c(F)cccc3OC(=O)OC(C)(C)C)c(Cl)c3c2C(=O)N2CCN(C(=O)OC(C)(C)C)C[C@@H]2CO3)C(C)(C)C1. The van der Waals surface area contributed by atoms with E-state index < -0.39 is 40.8 Å². The van der Waals surface area contributed by atoms with E-state index >= 15 is 4.39 Å². The normalized spacial score (nSPS) is 20.8. The first-order valence-electron chi connectivity index (χ1n) is 15.9. The van der Waals surface area contributed by atoms with Gasteiger partial charge in [-0.05, 0) is 73.9 Å². The van der Waals surface area contributed by atoms with Crippen molar-refractivity contribution < 1.29 is 42.5 Å². The lowest BCUT2D eigenvalue weighted by Gasteiger charge is -2.40. The number of hydrogen-bond donors (Lipinski definition) is 0. The van der Waals surface area contributed by atoms with Gasteiger partial charge in [0.15, 0.2) is 5.75 Å². The molecule has 2 amide bonds. The van der Waals surface area contributed by atoms with E-state index in [0.29, 0.717) is 13.0 Å². The molecule has 1 aromatic heterocycles. The molecule has 3 aliphatic rings. The molecule has 2 atom stereocenters. The number of pyridine rings is 1. The zero-order valence-electron chi connectivity index (χ0n) is 28.9. The number of carbonyl (C=O) groups is 3. The molecule has 0 radical (unpaired) electrons. The minimum Gasteiger partial charge on any atom is -0.489 e. The molecular formula is C34H44ClFN4O8. The molecule has 5 rings (SSSR count). The summed E-state index contributed by atoms with van der Waals surface area (Å²) in [6.07, 6.45) is -1.08. The van der Waals surface area contributed by atoms with Crippen molar-refractivity contribution in [3.63, 3.8) is 0 Å². The zero-order chi connectivity index (χ0) is 35.3. The highest BCUT2D eigenvalue weighted by atomic mass is 35.5. The van der Waals surface area contributed by atoms with Crippen LogP contribution in [0.1, 0.15) is 72.2 Å². The molecule has 2 aromatic rings. The van der Waals surface area contributed by atoms with E-state index in [2.05, 4.69) is 0 Å². The van der Waals surface area contributed by atoms with Gasteiger partial charge in [-0.2, -0.15) is 0 Å². The summed E-state index contributed by atoms with van der Waals surface area (Å²) in [7, 11) is 1.62. The third-order valence-electron chi connectivity index (χ3n) is 8.33. The quantitative estimate of drug-likeness (QED) is 0.267. The van der Waals surface area contributed by atoms with Gasteiger partial charge in [-0.15, -0.1) is 0 Å². The van der Waals surface area contributed by atoms with E-state index in [1.807, 2.05) is 18.7 Å². The number of ether oxygens (including phenoxy) is 5. The lowest BCUT2D eigenvalue weighted by Crippen LogP contribution is -2.58. The molecule has 12 nitrogen and oxygen atoms in total. The summed E-state index contributed by atoms with van der Waals surface area (Å²) in [5.74, 6) is -1.09. The van der Waals surface area contributed by atoms with Crippen molar-refractivity contribution in [2.45, 2.75) is 90.7 Å². The Kier molecular flexibility index (Phi) is 9.52. The third-order valence-corrected chi connectivity index (χ3v) is 8.68. The number of aromatic nitrogens is 1. The Bertz CT molecular complexity index is 1600. The van der Waals surface area contributed by atoms with E-state index in [1.54, 1.807) is 58.5 Å². The number of piperazine rings is 1. The van der Waals surface area contributed by atoms with Crippen LogP contribution in [0.5, 0.6) is 11.5 Å². The highest BCUT2D eigenvalue weighted by Gasteiger charge is 2.46. The van der Waals surface area contributed by atoms with Crippen molar-refractivity contribution in [3.05, 3.63) is 34.6 Å². The third kappa shape index (κ3) is 7.26. The van der Waals surface area contributed by atoms with E-state index in [0.717, 1.165) is 0 Å². The van der Waals surface area contributed by atoms with Gasteiger partial charge in [-0.25, -0.2) is 19.0 Å². The number of rotatable bonds is 4. The van der Waals surface area contributed by atoms with Crippen molar-refractivity contribution in [1.82, 2.24) is 14.8 Å². The minimum atomic E-state index is -1.04. The molecule has 2 saturated heterocycles. The maximum Gasteiger partial charge on any atom is 0.514 e. The lowest BCUT2D eigenvalue weighted by atomic mass is 9.99. The van der Waals surface area contributed by atoms with Crippen molar-refractivity contribution in [3.8, 4) is 22.8 Å². The van der Waals surface area contributed by atoms with Crippen LogP contribution < -0.4 is 14.4 Å².